The molecule has 1 aromatic rings. The lowest BCUT2D eigenvalue weighted by Gasteiger charge is -2.05. The van der Waals surface area contributed by atoms with Crippen LogP contribution in [0.15, 0.2) is 34.5 Å². The zero-order valence-electron chi connectivity index (χ0n) is 15.0. The number of hydrogen-bond acceptors (Lipinski definition) is 4. The Kier molecular flexibility index (Phi) is 11.1. The molecule has 0 radical (unpaired) electrons. The highest BCUT2D eigenvalue weighted by Crippen LogP contribution is 2.10. The molecule has 0 saturated carbocycles. The van der Waals surface area contributed by atoms with E-state index in [2.05, 4.69) is 11.6 Å². The Morgan fingerprint density at radius 3 is 2.12 bits per heavy atom. The third-order valence-electron chi connectivity index (χ3n) is 4.13. The van der Waals surface area contributed by atoms with E-state index >= 15 is 0 Å². The van der Waals surface area contributed by atoms with Crippen molar-refractivity contribution >= 4 is 5.97 Å². The normalized spacial score (nSPS) is 10.6. The molecule has 0 saturated heterocycles. The third-order valence-corrected chi connectivity index (χ3v) is 4.13. The predicted octanol–water partition coefficient (Wildman–Crippen LogP) is 3.17. The molecule has 140 valence electrons. The maximum atomic E-state index is 11.5. The summed E-state index contributed by atoms with van der Waals surface area (Å²) in [5.41, 5.74) is -0.560. The number of nitrogens with one attached hydrogen (secondary N) is 1. The average Bonchev–Trinajstić information content (AvgIpc) is 2.60. The summed E-state index contributed by atoms with van der Waals surface area (Å²) >= 11 is 0. The standard InChI is InChI=1S/C19H30N2O4/c1-2-18(23)25-16-12-10-8-6-4-3-5-7-9-11-15-21-17(22)13-14-20-19(21)24/h2,13-14H,1,3-12,15-16H2,(H,20,24). The molecule has 0 bridgehead atoms. The van der Waals surface area contributed by atoms with Crippen LogP contribution in [-0.2, 0) is 16.1 Å². The molecule has 0 aliphatic rings. The first-order valence-electron chi connectivity index (χ1n) is 9.23. The Morgan fingerprint density at radius 1 is 1.00 bits per heavy atom. The topological polar surface area (TPSA) is 81.2 Å². The van der Waals surface area contributed by atoms with E-state index < -0.39 is 0 Å². The van der Waals surface area contributed by atoms with Gasteiger partial charge in [0.2, 0.25) is 0 Å². The Bertz CT molecular complexity index is 590. The molecular weight excluding hydrogens is 320 g/mol. The number of ether oxygens (including phenoxy) is 1. The van der Waals surface area contributed by atoms with Crippen molar-refractivity contribution in [2.45, 2.75) is 70.8 Å². The van der Waals surface area contributed by atoms with Crippen LogP contribution in [-0.4, -0.2) is 22.1 Å². The summed E-state index contributed by atoms with van der Waals surface area (Å²) in [7, 11) is 0. The zero-order chi connectivity index (χ0) is 18.3. The van der Waals surface area contributed by atoms with Crippen LogP contribution in [0.3, 0.4) is 0 Å². The van der Waals surface area contributed by atoms with E-state index in [1.807, 2.05) is 0 Å². The summed E-state index contributed by atoms with van der Waals surface area (Å²) in [6, 6.07) is 1.38. The summed E-state index contributed by atoms with van der Waals surface area (Å²) in [4.78, 5) is 36.4. The highest BCUT2D eigenvalue weighted by atomic mass is 16.5. The molecule has 1 rings (SSSR count). The highest BCUT2D eigenvalue weighted by Gasteiger charge is 2.00. The van der Waals surface area contributed by atoms with Crippen molar-refractivity contribution in [3.8, 4) is 0 Å². The van der Waals surface area contributed by atoms with E-state index in [1.54, 1.807) is 0 Å². The zero-order valence-corrected chi connectivity index (χ0v) is 15.0. The number of carbonyl (C=O) groups excluding carboxylic acids is 1. The van der Waals surface area contributed by atoms with E-state index in [4.69, 9.17) is 4.74 Å². The monoisotopic (exact) mass is 350 g/mol. The van der Waals surface area contributed by atoms with Crippen molar-refractivity contribution in [3.63, 3.8) is 0 Å². The lowest BCUT2D eigenvalue weighted by Crippen LogP contribution is -2.33. The highest BCUT2D eigenvalue weighted by molar-refractivity contribution is 5.81. The predicted molar refractivity (Wildman–Crippen MR) is 98.6 cm³/mol. The SMILES string of the molecule is C=CC(=O)OCCCCCCCCCCCCn1c(=O)cc[nH]c1=O. The summed E-state index contributed by atoms with van der Waals surface area (Å²) < 4.78 is 6.18. The van der Waals surface area contributed by atoms with Crippen LogP contribution in [0.25, 0.3) is 0 Å². The van der Waals surface area contributed by atoms with Gasteiger partial charge in [-0.05, 0) is 12.8 Å². The summed E-state index contributed by atoms with van der Waals surface area (Å²) in [5.74, 6) is -0.346. The van der Waals surface area contributed by atoms with Gasteiger partial charge in [0.1, 0.15) is 0 Å². The van der Waals surface area contributed by atoms with Gasteiger partial charge in [0, 0.05) is 24.9 Å². The van der Waals surface area contributed by atoms with Gasteiger partial charge in [-0.1, -0.05) is 57.9 Å². The summed E-state index contributed by atoms with van der Waals surface area (Å²) in [6.07, 6.45) is 13.6. The van der Waals surface area contributed by atoms with E-state index in [1.165, 1.54) is 55.0 Å². The fourth-order valence-electron chi connectivity index (χ4n) is 2.68. The van der Waals surface area contributed by atoms with Gasteiger partial charge in [0.15, 0.2) is 0 Å². The van der Waals surface area contributed by atoms with E-state index in [-0.39, 0.29) is 17.2 Å². The molecule has 0 aliphatic heterocycles. The average molecular weight is 350 g/mol. The number of hydrogen-bond donors (Lipinski definition) is 1. The number of nitrogens with zero attached hydrogens (tertiary/aromatic N) is 1. The molecule has 0 amide bonds. The van der Waals surface area contributed by atoms with Gasteiger partial charge >= 0.3 is 11.7 Å². The van der Waals surface area contributed by atoms with E-state index in [0.717, 1.165) is 32.1 Å². The van der Waals surface area contributed by atoms with Crippen molar-refractivity contribution in [2.24, 2.45) is 0 Å². The number of carbonyl (C=O) groups is 1. The van der Waals surface area contributed by atoms with Crippen molar-refractivity contribution < 1.29 is 9.53 Å². The lowest BCUT2D eigenvalue weighted by atomic mass is 10.1. The van der Waals surface area contributed by atoms with Crippen LogP contribution in [0.5, 0.6) is 0 Å². The van der Waals surface area contributed by atoms with Crippen molar-refractivity contribution in [3.05, 3.63) is 45.8 Å². The maximum absolute atomic E-state index is 11.5. The molecule has 0 aliphatic carbocycles. The molecular formula is C19H30N2O4. The minimum absolute atomic E-state index is 0.233. The first-order chi connectivity index (χ1) is 12.1. The number of aromatic amines is 1. The van der Waals surface area contributed by atoms with Gasteiger partial charge in [0.25, 0.3) is 5.56 Å². The second-order valence-electron chi connectivity index (χ2n) is 6.18. The quantitative estimate of drug-likeness (QED) is 0.317. The van der Waals surface area contributed by atoms with Crippen LogP contribution in [0.4, 0.5) is 0 Å². The maximum Gasteiger partial charge on any atom is 0.330 e. The Morgan fingerprint density at radius 2 is 1.56 bits per heavy atom. The van der Waals surface area contributed by atoms with Crippen LogP contribution < -0.4 is 11.2 Å². The Hall–Kier alpha value is -2.11. The second kappa shape index (κ2) is 13.2. The van der Waals surface area contributed by atoms with Crippen LogP contribution in [0, 0.1) is 0 Å². The van der Waals surface area contributed by atoms with Crippen LogP contribution in [0.2, 0.25) is 0 Å². The fraction of sp³-hybridized carbons (Fsp3) is 0.632. The summed E-state index contributed by atoms with van der Waals surface area (Å²) in [6.45, 7) is 4.33. The second-order valence-corrected chi connectivity index (χ2v) is 6.18. The largest absolute Gasteiger partial charge is 0.463 e. The van der Waals surface area contributed by atoms with Gasteiger partial charge in [-0.3, -0.25) is 9.36 Å². The number of H-pyrrole nitrogens is 1. The molecule has 0 unspecified atom stereocenters. The molecule has 1 aromatic heterocycles. The number of rotatable bonds is 14. The molecule has 0 aromatic carbocycles. The molecule has 6 heteroatoms. The van der Waals surface area contributed by atoms with Gasteiger partial charge < -0.3 is 9.72 Å². The Labute approximate surface area is 148 Å². The van der Waals surface area contributed by atoms with Gasteiger partial charge in [0.05, 0.1) is 6.61 Å². The number of unbranched alkanes of at least 4 members (excludes halogenated alkanes) is 9. The Balaban J connectivity index is 1.89. The minimum atomic E-state index is -0.346. The number of esters is 1. The summed E-state index contributed by atoms with van der Waals surface area (Å²) in [5, 5.41) is 0. The first kappa shape index (κ1) is 20.9. The number of aromatic nitrogens is 2. The molecule has 0 atom stereocenters. The van der Waals surface area contributed by atoms with Crippen molar-refractivity contribution in [2.75, 3.05) is 6.61 Å². The minimum Gasteiger partial charge on any atom is -0.463 e. The first-order valence-corrected chi connectivity index (χ1v) is 9.23. The molecule has 0 spiro atoms. The van der Waals surface area contributed by atoms with Gasteiger partial charge in [-0.25, -0.2) is 9.59 Å². The van der Waals surface area contributed by atoms with E-state index in [0.29, 0.717) is 13.2 Å². The van der Waals surface area contributed by atoms with Crippen LogP contribution in [0.1, 0.15) is 64.2 Å². The molecule has 6 nitrogen and oxygen atoms in total. The van der Waals surface area contributed by atoms with Crippen molar-refractivity contribution in [1.29, 1.82) is 0 Å². The molecule has 25 heavy (non-hydrogen) atoms. The van der Waals surface area contributed by atoms with Crippen LogP contribution >= 0.6 is 0 Å². The van der Waals surface area contributed by atoms with Crippen molar-refractivity contribution in [1.82, 2.24) is 9.55 Å². The third kappa shape index (κ3) is 9.69. The molecule has 1 heterocycles. The van der Waals surface area contributed by atoms with Gasteiger partial charge in [-0.15, -0.1) is 0 Å². The van der Waals surface area contributed by atoms with Gasteiger partial charge in [-0.2, -0.15) is 0 Å². The molecule has 1 N–H and O–H groups in total. The van der Waals surface area contributed by atoms with E-state index in [9.17, 15) is 14.4 Å². The lowest BCUT2D eigenvalue weighted by molar-refractivity contribution is -0.137. The smallest absolute Gasteiger partial charge is 0.330 e. The molecule has 0 fully saturated rings. The fourth-order valence-corrected chi connectivity index (χ4v) is 2.68.